The van der Waals surface area contributed by atoms with Crippen molar-refractivity contribution in [2.24, 2.45) is 0 Å². The van der Waals surface area contributed by atoms with Crippen LogP contribution in [0.4, 0.5) is 5.69 Å². The highest BCUT2D eigenvalue weighted by Gasteiger charge is 2.19. The molecule has 1 aliphatic heterocycles. The Labute approximate surface area is 106 Å². The zero-order valence-electron chi connectivity index (χ0n) is 10.0. The molecular weight excluding hydrogens is 232 g/mol. The van der Waals surface area contributed by atoms with E-state index in [1.165, 1.54) is 0 Å². The molecule has 17 heavy (non-hydrogen) atoms. The molecule has 1 aromatic rings. The van der Waals surface area contributed by atoms with Gasteiger partial charge in [0.05, 0.1) is 5.56 Å². The minimum Gasteiger partial charge on any atom is -0.385 e. The summed E-state index contributed by atoms with van der Waals surface area (Å²) >= 11 is 1.90. The highest BCUT2D eigenvalue weighted by Crippen LogP contribution is 2.19. The number of carbonyl (C=O) groups is 1. The molecule has 92 valence electrons. The van der Waals surface area contributed by atoms with Gasteiger partial charge >= 0.3 is 0 Å². The maximum atomic E-state index is 12.1. The summed E-state index contributed by atoms with van der Waals surface area (Å²) in [5.74, 6) is 2.23. The van der Waals surface area contributed by atoms with Crippen LogP contribution in [-0.2, 0) is 0 Å². The van der Waals surface area contributed by atoms with Gasteiger partial charge in [0.2, 0.25) is 0 Å². The number of para-hydroxylation sites is 1. The molecule has 1 aliphatic rings. The predicted molar refractivity (Wildman–Crippen MR) is 73.8 cm³/mol. The fraction of sp³-hybridized carbons (Fsp3) is 0.462. The SMILES string of the molecule is CCNc1ccccc1C(=O)NC1CCSC1. The molecule has 4 heteroatoms. The van der Waals surface area contributed by atoms with Crippen molar-refractivity contribution in [2.75, 3.05) is 23.4 Å². The minimum atomic E-state index is 0.0362. The molecular formula is C13H18N2OS. The van der Waals surface area contributed by atoms with Crippen molar-refractivity contribution in [2.45, 2.75) is 19.4 Å². The summed E-state index contributed by atoms with van der Waals surface area (Å²) in [7, 11) is 0. The minimum absolute atomic E-state index is 0.0362. The van der Waals surface area contributed by atoms with E-state index in [9.17, 15) is 4.79 Å². The normalized spacial score (nSPS) is 19.0. The third-order valence-electron chi connectivity index (χ3n) is 2.80. The number of nitrogens with one attached hydrogen (secondary N) is 2. The number of rotatable bonds is 4. The third kappa shape index (κ3) is 3.16. The smallest absolute Gasteiger partial charge is 0.253 e. The van der Waals surface area contributed by atoms with Crippen LogP contribution < -0.4 is 10.6 Å². The number of thioether (sulfide) groups is 1. The third-order valence-corrected chi connectivity index (χ3v) is 3.97. The van der Waals surface area contributed by atoms with E-state index in [1.54, 1.807) is 0 Å². The van der Waals surface area contributed by atoms with E-state index in [2.05, 4.69) is 10.6 Å². The second-order valence-corrected chi connectivity index (χ2v) is 5.26. The van der Waals surface area contributed by atoms with Crippen LogP contribution in [0.2, 0.25) is 0 Å². The van der Waals surface area contributed by atoms with Crippen molar-refractivity contribution in [3.8, 4) is 0 Å². The number of carbonyl (C=O) groups excluding carboxylic acids is 1. The lowest BCUT2D eigenvalue weighted by atomic mass is 10.1. The molecule has 1 aromatic carbocycles. The van der Waals surface area contributed by atoms with Gasteiger partial charge in [0.25, 0.3) is 5.91 Å². The lowest BCUT2D eigenvalue weighted by Gasteiger charge is -2.14. The molecule has 1 atom stereocenters. The maximum Gasteiger partial charge on any atom is 0.253 e. The molecule has 1 unspecified atom stereocenters. The van der Waals surface area contributed by atoms with E-state index in [0.717, 1.165) is 35.7 Å². The summed E-state index contributed by atoms with van der Waals surface area (Å²) < 4.78 is 0. The summed E-state index contributed by atoms with van der Waals surface area (Å²) in [6, 6.07) is 8.00. The molecule has 1 amide bonds. The van der Waals surface area contributed by atoms with Crippen LogP contribution in [-0.4, -0.2) is 30.0 Å². The zero-order valence-corrected chi connectivity index (χ0v) is 10.8. The van der Waals surface area contributed by atoms with E-state index >= 15 is 0 Å². The Bertz CT molecular complexity index is 389. The van der Waals surface area contributed by atoms with Gasteiger partial charge in [-0.2, -0.15) is 11.8 Å². The van der Waals surface area contributed by atoms with Crippen LogP contribution in [0.25, 0.3) is 0 Å². The standard InChI is InChI=1S/C13H18N2OS/c1-2-14-12-6-4-3-5-11(12)13(16)15-10-7-8-17-9-10/h3-6,10,14H,2,7-9H2,1H3,(H,15,16). The van der Waals surface area contributed by atoms with E-state index in [-0.39, 0.29) is 5.91 Å². The van der Waals surface area contributed by atoms with Crippen LogP contribution in [0.1, 0.15) is 23.7 Å². The van der Waals surface area contributed by atoms with Crippen molar-refractivity contribution < 1.29 is 4.79 Å². The van der Waals surface area contributed by atoms with E-state index < -0.39 is 0 Å². The largest absolute Gasteiger partial charge is 0.385 e. The fourth-order valence-electron chi connectivity index (χ4n) is 1.94. The van der Waals surface area contributed by atoms with Gasteiger partial charge in [-0.3, -0.25) is 4.79 Å². The molecule has 2 rings (SSSR count). The molecule has 1 heterocycles. The highest BCUT2D eigenvalue weighted by molar-refractivity contribution is 7.99. The molecule has 2 N–H and O–H groups in total. The van der Waals surface area contributed by atoms with Gasteiger partial charge in [0.1, 0.15) is 0 Å². The van der Waals surface area contributed by atoms with E-state index in [1.807, 2.05) is 43.0 Å². The van der Waals surface area contributed by atoms with Crippen LogP contribution in [0, 0.1) is 0 Å². The molecule has 3 nitrogen and oxygen atoms in total. The average molecular weight is 250 g/mol. The van der Waals surface area contributed by atoms with Crippen LogP contribution in [0.15, 0.2) is 24.3 Å². The summed E-state index contributed by atoms with van der Waals surface area (Å²) in [4.78, 5) is 12.1. The number of anilines is 1. The maximum absolute atomic E-state index is 12.1. The highest BCUT2D eigenvalue weighted by atomic mass is 32.2. The van der Waals surface area contributed by atoms with Gasteiger partial charge < -0.3 is 10.6 Å². The first-order valence-electron chi connectivity index (χ1n) is 6.02. The second kappa shape index (κ2) is 5.96. The van der Waals surface area contributed by atoms with Crippen LogP contribution >= 0.6 is 11.8 Å². The van der Waals surface area contributed by atoms with Gasteiger partial charge in [-0.1, -0.05) is 12.1 Å². The van der Waals surface area contributed by atoms with Gasteiger partial charge in [-0.25, -0.2) is 0 Å². The van der Waals surface area contributed by atoms with Crippen LogP contribution in [0.3, 0.4) is 0 Å². The summed E-state index contributed by atoms with van der Waals surface area (Å²) in [6.07, 6.45) is 1.08. The van der Waals surface area contributed by atoms with Crippen molar-refractivity contribution in [1.82, 2.24) is 5.32 Å². The van der Waals surface area contributed by atoms with Crippen molar-refractivity contribution in [1.29, 1.82) is 0 Å². The van der Waals surface area contributed by atoms with E-state index in [4.69, 9.17) is 0 Å². The topological polar surface area (TPSA) is 41.1 Å². The molecule has 0 saturated carbocycles. The number of hydrogen-bond donors (Lipinski definition) is 2. The Balaban J connectivity index is 2.06. The van der Waals surface area contributed by atoms with Gasteiger partial charge in [0.15, 0.2) is 0 Å². The lowest BCUT2D eigenvalue weighted by Crippen LogP contribution is -2.35. The summed E-state index contributed by atoms with van der Waals surface area (Å²) in [6.45, 7) is 2.85. The molecule has 0 radical (unpaired) electrons. The molecule has 1 saturated heterocycles. The summed E-state index contributed by atoms with van der Waals surface area (Å²) in [5, 5.41) is 6.31. The molecule has 0 spiro atoms. The van der Waals surface area contributed by atoms with Gasteiger partial charge in [-0.05, 0) is 31.2 Å². The van der Waals surface area contributed by atoms with Crippen LogP contribution in [0.5, 0.6) is 0 Å². The first-order chi connectivity index (χ1) is 8.31. The van der Waals surface area contributed by atoms with Gasteiger partial charge in [0, 0.05) is 24.0 Å². The Morgan fingerprint density at radius 3 is 3.00 bits per heavy atom. The zero-order chi connectivity index (χ0) is 12.1. The van der Waals surface area contributed by atoms with E-state index in [0.29, 0.717) is 6.04 Å². The second-order valence-electron chi connectivity index (χ2n) is 4.11. The van der Waals surface area contributed by atoms with Gasteiger partial charge in [-0.15, -0.1) is 0 Å². The quantitative estimate of drug-likeness (QED) is 0.862. The molecule has 0 bridgehead atoms. The first kappa shape index (κ1) is 12.3. The van der Waals surface area contributed by atoms with Crippen molar-refractivity contribution >= 4 is 23.4 Å². The Kier molecular flexibility index (Phi) is 4.31. The van der Waals surface area contributed by atoms with Crippen molar-refractivity contribution in [3.05, 3.63) is 29.8 Å². The number of hydrogen-bond acceptors (Lipinski definition) is 3. The predicted octanol–water partition coefficient (Wildman–Crippen LogP) is 2.35. The summed E-state index contributed by atoms with van der Waals surface area (Å²) in [5.41, 5.74) is 1.66. The molecule has 0 aromatic heterocycles. The fourth-order valence-corrected chi connectivity index (χ4v) is 3.09. The lowest BCUT2D eigenvalue weighted by molar-refractivity contribution is 0.0942. The Morgan fingerprint density at radius 2 is 2.29 bits per heavy atom. The monoisotopic (exact) mass is 250 g/mol. The average Bonchev–Trinajstić information content (AvgIpc) is 2.83. The molecule has 1 fully saturated rings. The Hall–Kier alpha value is -1.16. The molecule has 0 aliphatic carbocycles. The van der Waals surface area contributed by atoms with Crippen molar-refractivity contribution in [3.63, 3.8) is 0 Å². The Morgan fingerprint density at radius 1 is 1.47 bits per heavy atom. The number of amides is 1. The number of benzene rings is 1. The first-order valence-corrected chi connectivity index (χ1v) is 7.18.